The maximum atomic E-state index is 13.7. The average molecular weight is 301 g/mol. The van der Waals surface area contributed by atoms with Gasteiger partial charge in [-0.1, -0.05) is 32.0 Å². The van der Waals surface area contributed by atoms with Crippen molar-refractivity contribution in [2.45, 2.75) is 26.7 Å². The van der Waals surface area contributed by atoms with E-state index in [2.05, 4.69) is 19.2 Å². The molecule has 116 valence electrons. The number of rotatable bonds is 5. The zero-order chi connectivity index (χ0) is 16.1. The van der Waals surface area contributed by atoms with Gasteiger partial charge in [0.15, 0.2) is 6.61 Å². The van der Waals surface area contributed by atoms with Crippen molar-refractivity contribution in [2.24, 2.45) is 0 Å². The molecule has 0 fully saturated rings. The molecule has 2 aromatic carbocycles. The molecular formula is C18H20FNO2. The van der Waals surface area contributed by atoms with E-state index < -0.39 is 11.7 Å². The van der Waals surface area contributed by atoms with Crippen LogP contribution in [-0.4, -0.2) is 12.5 Å². The van der Waals surface area contributed by atoms with Gasteiger partial charge in [0.05, 0.1) is 5.69 Å². The van der Waals surface area contributed by atoms with Crippen LogP contribution in [0.4, 0.5) is 10.1 Å². The number of halogens is 1. The van der Waals surface area contributed by atoms with Crippen molar-refractivity contribution in [3.8, 4) is 5.75 Å². The molecule has 3 nitrogen and oxygen atoms in total. The van der Waals surface area contributed by atoms with Crippen molar-refractivity contribution in [1.82, 2.24) is 0 Å². The molecular weight excluding hydrogens is 281 g/mol. The summed E-state index contributed by atoms with van der Waals surface area (Å²) in [5.74, 6) is 0.178. The fourth-order valence-electron chi connectivity index (χ4n) is 2.02. The number of anilines is 1. The minimum absolute atomic E-state index is 0.158. The largest absolute Gasteiger partial charge is 0.484 e. The van der Waals surface area contributed by atoms with Gasteiger partial charge in [0.25, 0.3) is 5.91 Å². The van der Waals surface area contributed by atoms with E-state index >= 15 is 0 Å². The molecule has 2 aromatic rings. The molecule has 1 amide bonds. The van der Waals surface area contributed by atoms with Crippen molar-refractivity contribution in [3.63, 3.8) is 0 Å². The second-order valence-electron chi connectivity index (χ2n) is 5.55. The highest BCUT2D eigenvalue weighted by Crippen LogP contribution is 2.20. The Morgan fingerprint density at radius 3 is 2.68 bits per heavy atom. The standard InChI is InChI=1S/C18H20FNO2/c1-12(2)14-5-4-6-15(10-14)22-11-18(21)20-17-8-7-13(3)9-16(17)19/h4-10,12H,11H2,1-3H3,(H,20,21). The monoisotopic (exact) mass is 301 g/mol. The summed E-state index contributed by atoms with van der Waals surface area (Å²) in [6.45, 7) is 5.81. The summed E-state index contributed by atoms with van der Waals surface area (Å²) in [6, 6.07) is 12.3. The van der Waals surface area contributed by atoms with Gasteiger partial charge in [-0.25, -0.2) is 4.39 Å². The van der Waals surface area contributed by atoms with E-state index in [0.29, 0.717) is 11.7 Å². The number of carbonyl (C=O) groups is 1. The molecule has 4 heteroatoms. The lowest BCUT2D eigenvalue weighted by Crippen LogP contribution is -2.20. The van der Waals surface area contributed by atoms with E-state index in [9.17, 15) is 9.18 Å². The summed E-state index contributed by atoms with van der Waals surface area (Å²) < 4.78 is 19.1. The van der Waals surface area contributed by atoms with Gasteiger partial charge in [-0.05, 0) is 48.2 Å². The zero-order valence-corrected chi connectivity index (χ0v) is 13.0. The Morgan fingerprint density at radius 2 is 2.00 bits per heavy atom. The molecule has 0 aromatic heterocycles. The Hall–Kier alpha value is -2.36. The number of hydrogen-bond acceptors (Lipinski definition) is 2. The first-order chi connectivity index (χ1) is 10.5. The lowest BCUT2D eigenvalue weighted by molar-refractivity contribution is -0.118. The number of aryl methyl sites for hydroxylation is 1. The third kappa shape index (κ3) is 4.32. The first kappa shape index (κ1) is 16.0. The van der Waals surface area contributed by atoms with Crippen LogP contribution in [0.15, 0.2) is 42.5 Å². The predicted molar refractivity (Wildman–Crippen MR) is 85.8 cm³/mol. The third-order valence-electron chi connectivity index (χ3n) is 3.29. The van der Waals surface area contributed by atoms with Crippen molar-refractivity contribution in [2.75, 3.05) is 11.9 Å². The molecule has 0 radical (unpaired) electrons. The molecule has 0 aliphatic heterocycles. The molecule has 0 aliphatic rings. The molecule has 2 rings (SSSR count). The Balaban J connectivity index is 1.94. The third-order valence-corrected chi connectivity index (χ3v) is 3.29. The SMILES string of the molecule is Cc1ccc(NC(=O)COc2cccc(C(C)C)c2)c(F)c1. The van der Waals surface area contributed by atoms with Crippen LogP contribution in [0, 0.1) is 12.7 Å². The van der Waals surface area contributed by atoms with Crippen molar-refractivity contribution in [3.05, 3.63) is 59.4 Å². The fourth-order valence-corrected chi connectivity index (χ4v) is 2.02. The normalized spacial score (nSPS) is 10.6. The maximum absolute atomic E-state index is 13.7. The van der Waals surface area contributed by atoms with E-state index in [1.807, 2.05) is 18.2 Å². The van der Waals surface area contributed by atoms with Gasteiger partial charge in [0.1, 0.15) is 11.6 Å². The molecule has 0 heterocycles. The zero-order valence-electron chi connectivity index (χ0n) is 13.0. The minimum atomic E-state index is -0.449. The summed E-state index contributed by atoms with van der Waals surface area (Å²) in [4.78, 5) is 11.8. The van der Waals surface area contributed by atoms with Crippen LogP contribution in [0.2, 0.25) is 0 Å². The number of amides is 1. The van der Waals surface area contributed by atoms with E-state index in [-0.39, 0.29) is 12.3 Å². The van der Waals surface area contributed by atoms with Crippen molar-refractivity contribution >= 4 is 11.6 Å². The molecule has 0 saturated heterocycles. The van der Waals surface area contributed by atoms with Gasteiger partial charge in [-0.3, -0.25) is 4.79 Å². The summed E-state index contributed by atoms with van der Waals surface area (Å²) in [5.41, 5.74) is 2.11. The van der Waals surface area contributed by atoms with E-state index in [4.69, 9.17) is 4.74 Å². The Bertz CT molecular complexity index is 668. The second kappa shape index (κ2) is 7.07. The van der Waals surface area contributed by atoms with Gasteiger partial charge in [-0.15, -0.1) is 0 Å². The predicted octanol–water partition coefficient (Wildman–Crippen LogP) is 4.28. The van der Waals surface area contributed by atoms with Gasteiger partial charge in [-0.2, -0.15) is 0 Å². The van der Waals surface area contributed by atoms with Crippen LogP contribution >= 0.6 is 0 Å². The van der Waals surface area contributed by atoms with Crippen molar-refractivity contribution < 1.29 is 13.9 Å². The quantitative estimate of drug-likeness (QED) is 0.895. The van der Waals surface area contributed by atoms with Crippen LogP contribution in [0.25, 0.3) is 0 Å². The highest BCUT2D eigenvalue weighted by Gasteiger charge is 2.08. The second-order valence-corrected chi connectivity index (χ2v) is 5.55. The molecule has 0 aliphatic carbocycles. The molecule has 1 N–H and O–H groups in total. The highest BCUT2D eigenvalue weighted by atomic mass is 19.1. The highest BCUT2D eigenvalue weighted by molar-refractivity contribution is 5.92. The van der Waals surface area contributed by atoms with Crippen molar-refractivity contribution in [1.29, 1.82) is 0 Å². The van der Waals surface area contributed by atoms with E-state index in [1.54, 1.807) is 25.1 Å². The summed E-state index contributed by atoms with van der Waals surface area (Å²) in [7, 11) is 0. The van der Waals surface area contributed by atoms with Gasteiger partial charge in [0.2, 0.25) is 0 Å². The lowest BCUT2D eigenvalue weighted by Gasteiger charge is -2.11. The molecule has 0 saturated carbocycles. The summed E-state index contributed by atoms with van der Waals surface area (Å²) >= 11 is 0. The van der Waals surface area contributed by atoms with Crippen LogP contribution < -0.4 is 10.1 Å². The topological polar surface area (TPSA) is 38.3 Å². The van der Waals surface area contributed by atoms with E-state index in [0.717, 1.165) is 11.1 Å². The van der Waals surface area contributed by atoms with Gasteiger partial charge < -0.3 is 10.1 Å². The molecule has 0 bridgehead atoms. The Labute approximate surface area is 130 Å². The first-order valence-corrected chi connectivity index (χ1v) is 7.24. The molecule has 0 atom stereocenters. The first-order valence-electron chi connectivity index (χ1n) is 7.24. The van der Waals surface area contributed by atoms with Crippen LogP contribution in [0.5, 0.6) is 5.75 Å². The lowest BCUT2D eigenvalue weighted by atomic mass is 10.0. The van der Waals surface area contributed by atoms with Gasteiger partial charge >= 0.3 is 0 Å². The number of benzene rings is 2. The number of ether oxygens (including phenoxy) is 1. The number of hydrogen-bond donors (Lipinski definition) is 1. The van der Waals surface area contributed by atoms with Crippen LogP contribution in [0.3, 0.4) is 0 Å². The molecule has 0 spiro atoms. The minimum Gasteiger partial charge on any atom is -0.484 e. The van der Waals surface area contributed by atoms with Gasteiger partial charge in [0, 0.05) is 0 Å². The Morgan fingerprint density at radius 1 is 1.23 bits per heavy atom. The average Bonchev–Trinajstić information content (AvgIpc) is 2.48. The maximum Gasteiger partial charge on any atom is 0.262 e. The number of nitrogens with one attached hydrogen (secondary N) is 1. The molecule has 22 heavy (non-hydrogen) atoms. The van der Waals surface area contributed by atoms with Crippen LogP contribution in [-0.2, 0) is 4.79 Å². The number of carbonyl (C=O) groups excluding carboxylic acids is 1. The van der Waals surface area contributed by atoms with Crippen LogP contribution in [0.1, 0.15) is 30.9 Å². The van der Waals surface area contributed by atoms with E-state index in [1.165, 1.54) is 6.07 Å². The Kier molecular flexibility index (Phi) is 5.15. The smallest absolute Gasteiger partial charge is 0.262 e. The fraction of sp³-hybridized carbons (Fsp3) is 0.278. The molecule has 0 unspecified atom stereocenters. The summed E-state index contributed by atoms with van der Waals surface area (Å²) in [5, 5.41) is 2.51. The summed E-state index contributed by atoms with van der Waals surface area (Å²) in [6.07, 6.45) is 0.